The van der Waals surface area contributed by atoms with Crippen molar-refractivity contribution in [2.45, 2.75) is 79.2 Å². The number of hydrogen-bond donors (Lipinski definition) is 0. The van der Waals surface area contributed by atoms with Gasteiger partial charge in [0.05, 0.1) is 12.7 Å². The Bertz CT molecular complexity index is 150. The van der Waals surface area contributed by atoms with E-state index in [1.54, 1.807) is 0 Å². The molecule has 1 heterocycles. The van der Waals surface area contributed by atoms with E-state index in [0.29, 0.717) is 6.10 Å². The van der Waals surface area contributed by atoms with Gasteiger partial charge in [-0.05, 0) is 24.7 Å². The van der Waals surface area contributed by atoms with Gasteiger partial charge in [0.1, 0.15) is 0 Å². The highest BCUT2D eigenvalue weighted by molar-refractivity contribution is 5.75. The van der Waals surface area contributed by atoms with E-state index in [0.717, 1.165) is 18.4 Å². The molecule has 1 nitrogen and oxygen atoms in total. The molecule has 17 heavy (non-hydrogen) atoms. The molecule has 2 fully saturated rings. The van der Waals surface area contributed by atoms with Crippen LogP contribution in [0.2, 0.25) is 0 Å². The molecule has 0 spiro atoms. The Morgan fingerprint density at radius 2 is 1.53 bits per heavy atom. The van der Waals surface area contributed by atoms with Crippen LogP contribution in [0, 0.1) is 11.8 Å². The van der Waals surface area contributed by atoms with Gasteiger partial charge in [-0.2, -0.15) is 0 Å². The fourth-order valence-electron chi connectivity index (χ4n) is 2.84. The molecular weight excluding hydrogens is 207 g/mol. The maximum Gasteiger partial charge on any atom is 0.0606 e. The lowest BCUT2D eigenvalue weighted by Gasteiger charge is -2.18. The van der Waals surface area contributed by atoms with Crippen LogP contribution in [0.25, 0.3) is 0 Å². The third-order valence-corrected chi connectivity index (χ3v) is 3.66. The number of ether oxygens (including phenoxy) is 1. The Morgan fingerprint density at radius 3 is 2.12 bits per heavy atom. The van der Waals surface area contributed by atoms with Gasteiger partial charge in [-0.1, -0.05) is 60.3 Å². The predicted octanol–water partition coefficient (Wildman–Crippen LogP) is 4.66. The summed E-state index contributed by atoms with van der Waals surface area (Å²) in [4.78, 5) is 0. The highest BCUT2D eigenvalue weighted by Crippen LogP contribution is 2.38. The van der Waals surface area contributed by atoms with Crippen LogP contribution in [0.5, 0.6) is 0 Å². The average molecular weight is 239 g/mol. The third-order valence-electron chi connectivity index (χ3n) is 3.66. The molecule has 0 aromatic heterocycles. The van der Waals surface area contributed by atoms with E-state index >= 15 is 0 Å². The minimum absolute atomic E-state index is 0. The Labute approximate surface area is 111 Å². The second kappa shape index (κ2) is 12.5. The zero-order chi connectivity index (χ0) is 12.4. The van der Waals surface area contributed by atoms with E-state index in [2.05, 4.69) is 6.92 Å². The SMILES string of the molecule is CC.CC.CCC1COC2CCCCC[C@@H]12.[B]. The van der Waals surface area contributed by atoms with Gasteiger partial charge in [0.2, 0.25) is 0 Å². The van der Waals surface area contributed by atoms with Crippen molar-refractivity contribution in [3.05, 3.63) is 0 Å². The van der Waals surface area contributed by atoms with Crippen molar-refractivity contribution in [1.29, 1.82) is 0 Å². The number of fused-ring (bicyclic) bond motifs is 1. The Kier molecular flexibility index (Phi) is 14.2. The zero-order valence-electron chi connectivity index (χ0n) is 12.7. The molecule has 0 bridgehead atoms. The van der Waals surface area contributed by atoms with Crippen molar-refractivity contribution >= 4 is 8.41 Å². The lowest BCUT2D eigenvalue weighted by atomic mass is 9.86. The highest BCUT2D eigenvalue weighted by atomic mass is 16.5. The van der Waals surface area contributed by atoms with Gasteiger partial charge in [-0.3, -0.25) is 0 Å². The van der Waals surface area contributed by atoms with Gasteiger partial charge in [0.25, 0.3) is 0 Å². The quantitative estimate of drug-likeness (QED) is 0.604. The summed E-state index contributed by atoms with van der Waals surface area (Å²) in [5, 5.41) is 0. The number of hydrogen-bond acceptors (Lipinski definition) is 1. The summed E-state index contributed by atoms with van der Waals surface area (Å²) in [7, 11) is 0. The minimum atomic E-state index is 0. The Balaban J connectivity index is 0. The lowest BCUT2D eigenvalue weighted by molar-refractivity contribution is 0.0846. The molecule has 0 aromatic rings. The van der Waals surface area contributed by atoms with Gasteiger partial charge in [0.15, 0.2) is 0 Å². The summed E-state index contributed by atoms with van der Waals surface area (Å²) >= 11 is 0. The normalized spacial score (nSPS) is 30.5. The second-order valence-electron chi connectivity index (χ2n) is 4.34. The van der Waals surface area contributed by atoms with Crippen LogP contribution in [0.15, 0.2) is 0 Å². The van der Waals surface area contributed by atoms with Crippen LogP contribution in [0.1, 0.15) is 73.1 Å². The smallest absolute Gasteiger partial charge is 0.0606 e. The lowest BCUT2D eigenvalue weighted by Crippen LogP contribution is -2.18. The molecule has 1 saturated carbocycles. The molecule has 3 radical (unpaired) electrons. The molecule has 1 aliphatic heterocycles. The highest BCUT2D eigenvalue weighted by Gasteiger charge is 2.36. The predicted molar refractivity (Wildman–Crippen MR) is 78.5 cm³/mol. The van der Waals surface area contributed by atoms with E-state index in [4.69, 9.17) is 4.74 Å². The summed E-state index contributed by atoms with van der Waals surface area (Å²) < 4.78 is 5.84. The van der Waals surface area contributed by atoms with Crippen molar-refractivity contribution in [1.82, 2.24) is 0 Å². The molecule has 1 aliphatic carbocycles. The summed E-state index contributed by atoms with van der Waals surface area (Å²) in [5.41, 5.74) is 0. The van der Waals surface area contributed by atoms with Crippen molar-refractivity contribution in [2.75, 3.05) is 6.61 Å². The summed E-state index contributed by atoms with van der Waals surface area (Å²) in [6.45, 7) is 11.4. The first-order valence-corrected chi connectivity index (χ1v) is 7.53. The summed E-state index contributed by atoms with van der Waals surface area (Å²) in [6.07, 6.45) is 9.01. The van der Waals surface area contributed by atoms with Crippen LogP contribution >= 0.6 is 0 Å². The fraction of sp³-hybridized carbons (Fsp3) is 1.00. The molecule has 3 atom stereocenters. The molecule has 2 rings (SSSR count). The van der Waals surface area contributed by atoms with E-state index < -0.39 is 0 Å². The van der Waals surface area contributed by atoms with Gasteiger partial charge in [-0.25, -0.2) is 0 Å². The Morgan fingerprint density at radius 1 is 0.941 bits per heavy atom. The van der Waals surface area contributed by atoms with Gasteiger partial charge in [-0.15, -0.1) is 0 Å². The van der Waals surface area contributed by atoms with Crippen molar-refractivity contribution in [3.8, 4) is 0 Å². The van der Waals surface area contributed by atoms with E-state index in [1.807, 2.05) is 27.7 Å². The zero-order valence-corrected chi connectivity index (χ0v) is 12.7. The van der Waals surface area contributed by atoms with Crippen LogP contribution in [0.3, 0.4) is 0 Å². The van der Waals surface area contributed by atoms with Crippen LogP contribution in [-0.4, -0.2) is 21.1 Å². The first-order valence-electron chi connectivity index (χ1n) is 7.53. The maximum absolute atomic E-state index is 5.84. The molecule has 0 amide bonds. The third kappa shape index (κ3) is 5.95. The topological polar surface area (TPSA) is 9.23 Å². The van der Waals surface area contributed by atoms with Gasteiger partial charge < -0.3 is 4.74 Å². The van der Waals surface area contributed by atoms with Crippen molar-refractivity contribution in [2.24, 2.45) is 11.8 Å². The molecule has 2 heteroatoms. The average Bonchev–Trinajstić information content (AvgIpc) is 2.62. The monoisotopic (exact) mass is 239 g/mol. The standard InChI is InChI=1S/C11H20O.2C2H6.B/c1-2-9-8-12-11-7-5-3-4-6-10(9)11;2*1-2;/h9-11H,2-8H2,1H3;2*1-2H3;/t9?,10-,11?;;;/m0.../s1. The molecular formula is C15H32BO. The number of rotatable bonds is 1. The summed E-state index contributed by atoms with van der Waals surface area (Å²) in [5.74, 6) is 1.80. The largest absolute Gasteiger partial charge is 0.378 e. The maximum atomic E-state index is 5.84. The van der Waals surface area contributed by atoms with Crippen LogP contribution in [0.4, 0.5) is 0 Å². The molecule has 101 valence electrons. The first-order chi connectivity index (χ1) is 7.92. The Hall–Kier alpha value is 0.0249. The van der Waals surface area contributed by atoms with Crippen molar-refractivity contribution < 1.29 is 4.74 Å². The second-order valence-corrected chi connectivity index (χ2v) is 4.34. The fourth-order valence-corrected chi connectivity index (χ4v) is 2.84. The van der Waals surface area contributed by atoms with Crippen LogP contribution in [-0.2, 0) is 4.74 Å². The van der Waals surface area contributed by atoms with Crippen LogP contribution < -0.4 is 0 Å². The van der Waals surface area contributed by atoms with E-state index in [9.17, 15) is 0 Å². The molecule has 0 N–H and O–H groups in total. The van der Waals surface area contributed by atoms with E-state index in [1.165, 1.54) is 38.5 Å². The van der Waals surface area contributed by atoms with Crippen molar-refractivity contribution in [3.63, 3.8) is 0 Å². The van der Waals surface area contributed by atoms with Gasteiger partial charge >= 0.3 is 0 Å². The molecule has 0 aromatic carbocycles. The molecule has 2 unspecified atom stereocenters. The summed E-state index contributed by atoms with van der Waals surface area (Å²) in [6, 6.07) is 0. The molecule has 1 saturated heterocycles. The first kappa shape index (κ1) is 19.4. The minimum Gasteiger partial charge on any atom is -0.378 e. The molecule has 2 aliphatic rings. The van der Waals surface area contributed by atoms with E-state index in [-0.39, 0.29) is 8.41 Å². The van der Waals surface area contributed by atoms with Gasteiger partial charge in [0, 0.05) is 8.41 Å².